The predicted molar refractivity (Wildman–Crippen MR) is 71.2 cm³/mol. The van der Waals surface area contributed by atoms with Crippen molar-refractivity contribution < 1.29 is 13.9 Å². The van der Waals surface area contributed by atoms with Crippen molar-refractivity contribution >= 4 is 34.4 Å². The number of benzene rings is 1. The first kappa shape index (κ1) is 13.8. The van der Waals surface area contributed by atoms with Crippen molar-refractivity contribution in [3.05, 3.63) is 38.8 Å². The van der Waals surface area contributed by atoms with Crippen LogP contribution in [0.3, 0.4) is 0 Å². The normalized spacial score (nSPS) is 11.6. The Kier molecular flexibility index (Phi) is 4.05. The summed E-state index contributed by atoms with van der Waals surface area (Å²) in [5.74, 6) is -0.535. The number of nitrogens with zero attached hydrogens (tertiary/aromatic N) is 3. The van der Waals surface area contributed by atoms with Crippen LogP contribution < -0.4 is 0 Å². The maximum atomic E-state index is 12.6. The molecule has 0 bridgehead atoms. The molecule has 0 aliphatic carbocycles. The van der Waals surface area contributed by atoms with Gasteiger partial charge in [0.05, 0.1) is 6.21 Å². The maximum absolute atomic E-state index is 12.6. The predicted octanol–water partition coefficient (Wildman–Crippen LogP) is 3.23. The van der Waals surface area contributed by atoms with Gasteiger partial charge in [0.2, 0.25) is 10.6 Å². The Bertz CT molecular complexity index is 682. The van der Waals surface area contributed by atoms with E-state index >= 15 is 0 Å². The molecule has 0 amide bonds. The van der Waals surface area contributed by atoms with E-state index in [0.717, 1.165) is 4.68 Å². The fraction of sp³-hybridized carbons (Fsp3) is 0.100. The van der Waals surface area contributed by atoms with E-state index in [-0.39, 0.29) is 10.5 Å². The zero-order chi connectivity index (χ0) is 14.0. The summed E-state index contributed by atoms with van der Waals surface area (Å²) >= 11 is 8.05. The SMILES string of the molecule is Oc1ccc(Br)c(C=Nn2c(C(F)F)n[nH]c2=S)c1. The number of aromatic amines is 1. The fourth-order valence-electron chi connectivity index (χ4n) is 1.31. The molecule has 2 N–H and O–H groups in total. The second-order valence-electron chi connectivity index (χ2n) is 3.45. The van der Waals surface area contributed by atoms with Crippen LogP contribution >= 0.6 is 28.1 Å². The Balaban J connectivity index is 2.40. The number of aromatic hydroxyl groups is 1. The zero-order valence-electron chi connectivity index (χ0n) is 9.22. The largest absolute Gasteiger partial charge is 0.508 e. The number of H-pyrrole nitrogens is 1. The first-order valence-corrected chi connectivity index (χ1v) is 6.17. The molecule has 1 aromatic heterocycles. The Hall–Kier alpha value is -1.61. The van der Waals surface area contributed by atoms with Gasteiger partial charge in [-0.25, -0.2) is 13.9 Å². The maximum Gasteiger partial charge on any atom is 0.299 e. The van der Waals surface area contributed by atoms with Gasteiger partial charge >= 0.3 is 0 Å². The van der Waals surface area contributed by atoms with Crippen molar-refractivity contribution in [3.8, 4) is 5.75 Å². The van der Waals surface area contributed by atoms with Crippen LogP contribution in [-0.2, 0) is 0 Å². The standard InChI is InChI=1S/C10H7BrF2N4OS/c11-7-2-1-6(18)3-5(7)4-14-17-9(8(12)13)15-16-10(17)19/h1-4,8,18H,(H,16,19). The van der Waals surface area contributed by atoms with E-state index in [1.54, 1.807) is 6.07 Å². The fourth-order valence-corrected chi connectivity index (χ4v) is 1.84. The zero-order valence-corrected chi connectivity index (χ0v) is 11.6. The highest BCUT2D eigenvalue weighted by molar-refractivity contribution is 9.10. The van der Waals surface area contributed by atoms with Crippen molar-refractivity contribution in [3.63, 3.8) is 0 Å². The molecule has 2 rings (SSSR count). The molecular weight excluding hydrogens is 342 g/mol. The third-order valence-corrected chi connectivity index (χ3v) is 3.15. The van der Waals surface area contributed by atoms with E-state index in [4.69, 9.17) is 12.2 Å². The molecule has 1 aromatic carbocycles. The first-order chi connectivity index (χ1) is 8.99. The smallest absolute Gasteiger partial charge is 0.299 e. The van der Waals surface area contributed by atoms with Gasteiger partial charge in [-0.1, -0.05) is 15.9 Å². The molecule has 100 valence electrons. The average Bonchev–Trinajstić information content (AvgIpc) is 2.72. The number of hydrogen-bond donors (Lipinski definition) is 2. The van der Waals surface area contributed by atoms with E-state index in [9.17, 15) is 13.9 Å². The van der Waals surface area contributed by atoms with Gasteiger partial charge < -0.3 is 5.11 Å². The number of halogens is 3. The number of alkyl halides is 2. The van der Waals surface area contributed by atoms with Crippen LogP contribution in [0.5, 0.6) is 5.75 Å². The van der Waals surface area contributed by atoms with Gasteiger partial charge in [-0.15, -0.1) is 0 Å². The molecule has 0 fully saturated rings. The van der Waals surface area contributed by atoms with Crippen molar-refractivity contribution in [2.75, 3.05) is 0 Å². The summed E-state index contributed by atoms with van der Waals surface area (Å²) in [6.07, 6.45) is -1.50. The number of phenols is 1. The molecule has 0 saturated carbocycles. The van der Waals surface area contributed by atoms with E-state index in [1.165, 1.54) is 18.3 Å². The van der Waals surface area contributed by atoms with E-state index in [0.29, 0.717) is 10.0 Å². The molecule has 0 saturated heterocycles. The van der Waals surface area contributed by atoms with Crippen LogP contribution in [0.2, 0.25) is 0 Å². The summed E-state index contributed by atoms with van der Waals surface area (Å²) < 4.78 is 26.7. The summed E-state index contributed by atoms with van der Waals surface area (Å²) in [6, 6.07) is 4.52. The van der Waals surface area contributed by atoms with Gasteiger partial charge in [-0.2, -0.15) is 14.9 Å². The van der Waals surface area contributed by atoms with Crippen molar-refractivity contribution in [1.29, 1.82) is 0 Å². The second-order valence-corrected chi connectivity index (χ2v) is 4.69. The highest BCUT2D eigenvalue weighted by Crippen LogP contribution is 2.21. The molecule has 0 aliphatic heterocycles. The Morgan fingerprint density at radius 2 is 2.26 bits per heavy atom. The molecule has 0 atom stereocenters. The van der Waals surface area contributed by atoms with Gasteiger partial charge in [0, 0.05) is 10.0 Å². The summed E-state index contributed by atoms with van der Waals surface area (Å²) in [5.41, 5.74) is 0.517. The quantitative estimate of drug-likeness (QED) is 0.661. The minimum atomic E-state index is -2.79. The van der Waals surface area contributed by atoms with Gasteiger partial charge in [-0.3, -0.25) is 0 Å². The summed E-state index contributed by atoms with van der Waals surface area (Å²) in [6.45, 7) is 0. The topological polar surface area (TPSA) is 66.2 Å². The van der Waals surface area contributed by atoms with Gasteiger partial charge in [-0.05, 0) is 30.4 Å². The minimum Gasteiger partial charge on any atom is -0.508 e. The number of aromatic nitrogens is 3. The van der Waals surface area contributed by atoms with Gasteiger partial charge in [0.25, 0.3) is 6.43 Å². The summed E-state index contributed by atoms with van der Waals surface area (Å²) in [7, 11) is 0. The Morgan fingerprint density at radius 3 is 2.95 bits per heavy atom. The van der Waals surface area contributed by atoms with Gasteiger partial charge in [0.1, 0.15) is 5.75 Å². The lowest BCUT2D eigenvalue weighted by molar-refractivity contribution is 0.136. The highest BCUT2D eigenvalue weighted by Gasteiger charge is 2.16. The molecule has 1 heterocycles. The Labute approximate surface area is 119 Å². The molecule has 0 unspecified atom stereocenters. The van der Waals surface area contributed by atoms with E-state index < -0.39 is 12.2 Å². The van der Waals surface area contributed by atoms with Crippen LogP contribution in [0.15, 0.2) is 27.8 Å². The molecule has 19 heavy (non-hydrogen) atoms. The monoisotopic (exact) mass is 348 g/mol. The van der Waals surface area contributed by atoms with Crippen molar-refractivity contribution in [2.45, 2.75) is 6.43 Å². The molecule has 0 radical (unpaired) electrons. The molecular formula is C10H7BrF2N4OS. The first-order valence-electron chi connectivity index (χ1n) is 4.97. The number of rotatable bonds is 3. The van der Waals surface area contributed by atoms with Crippen molar-refractivity contribution in [2.24, 2.45) is 5.10 Å². The highest BCUT2D eigenvalue weighted by atomic mass is 79.9. The average molecular weight is 349 g/mol. The minimum absolute atomic E-state index is 0.0366. The molecule has 9 heteroatoms. The van der Waals surface area contributed by atoms with Crippen molar-refractivity contribution in [1.82, 2.24) is 14.9 Å². The summed E-state index contributed by atoms with van der Waals surface area (Å²) in [4.78, 5) is 0. The lowest BCUT2D eigenvalue weighted by Gasteiger charge is -2.01. The van der Waals surface area contributed by atoms with Crippen LogP contribution in [0.25, 0.3) is 0 Å². The lowest BCUT2D eigenvalue weighted by Crippen LogP contribution is -1.99. The lowest BCUT2D eigenvalue weighted by atomic mass is 10.2. The second kappa shape index (κ2) is 5.57. The molecule has 0 spiro atoms. The van der Waals surface area contributed by atoms with Crippen LogP contribution in [0, 0.1) is 4.77 Å². The molecule has 5 nitrogen and oxygen atoms in total. The summed E-state index contributed by atoms with van der Waals surface area (Å²) in [5, 5.41) is 18.8. The third-order valence-electron chi connectivity index (χ3n) is 2.16. The Morgan fingerprint density at radius 1 is 1.53 bits per heavy atom. The third kappa shape index (κ3) is 3.04. The van der Waals surface area contributed by atoms with Crippen LogP contribution in [0.4, 0.5) is 8.78 Å². The molecule has 2 aromatic rings. The van der Waals surface area contributed by atoms with Gasteiger partial charge in [0.15, 0.2) is 0 Å². The molecule has 0 aliphatic rings. The number of hydrogen-bond acceptors (Lipinski definition) is 4. The van der Waals surface area contributed by atoms with Crippen LogP contribution in [0.1, 0.15) is 17.8 Å². The van der Waals surface area contributed by atoms with Crippen LogP contribution in [-0.4, -0.2) is 26.2 Å². The number of phenolic OH excluding ortho intramolecular Hbond substituents is 1. The number of nitrogens with one attached hydrogen (secondary N) is 1. The van der Waals surface area contributed by atoms with E-state index in [2.05, 4.69) is 31.2 Å². The van der Waals surface area contributed by atoms with E-state index in [1.807, 2.05) is 0 Å².